The van der Waals surface area contributed by atoms with E-state index < -0.39 is 0 Å². The maximum Gasteiger partial charge on any atom is 0.0775 e. The molecule has 0 aromatic carbocycles. The summed E-state index contributed by atoms with van der Waals surface area (Å²) >= 11 is 3.48. The summed E-state index contributed by atoms with van der Waals surface area (Å²) < 4.78 is 0.942. The summed E-state index contributed by atoms with van der Waals surface area (Å²) in [4.78, 5) is 6.22. The van der Waals surface area contributed by atoms with Crippen LogP contribution in [-0.2, 0) is 0 Å². The summed E-state index contributed by atoms with van der Waals surface area (Å²) in [6.45, 7) is 6.59. The lowest BCUT2D eigenvalue weighted by Crippen LogP contribution is -2.33. The highest BCUT2D eigenvalue weighted by Gasteiger charge is 2.17. The van der Waals surface area contributed by atoms with Gasteiger partial charge >= 0.3 is 0 Å². The third kappa shape index (κ3) is 2.62. The Balaban J connectivity index is 3.05. The minimum atomic E-state index is 0.436. The fraction of sp³-hybridized carbons (Fsp3) is 0.545. The first-order valence-electron chi connectivity index (χ1n) is 5.07. The maximum absolute atomic E-state index is 5.93. The first-order chi connectivity index (χ1) is 6.95. The van der Waals surface area contributed by atoms with Crippen molar-refractivity contribution in [1.82, 2.24) is 4.98 Å². The highest BCUT2D eigenvalue weighted by Crippen LogP contribution is 2.32. The summed E-state index contributed by atoms with van der Waals surface area (Å²) in [6, 6.07) is 0.436. The lowest BCUT2D eigenvalue weighted by molar-refractivity contribution is 0.505. The molecule has 1 aromatic rings. The van der Waals surface area contributed by atoms with Gasteiger partial charge in [-0.1, -0.05) is 13.8 Å². The number of hydrogen-bond donors (Lipinski definition) is 1. The van der Waals surface area contributed by atoms with Gasteiger partial charge in [0.2, 0.25) is 0 Å². The third-order valence-corrected chi connectivity index (χ3v) is 3.41. The van der Waals surface area contributed by atoms with Gasteiger partial charge < -0.3 is 10.6 Å². The van der Waals surface area contributed by atoms with E-state index in [2.05, 4.69) is 53.6 Å². The van der Waals surface area contributed by atoms with Gasteiger partial charge in [-0.05, 0) is 28.8 Å². The maximum atomic E-state index is 5.93. The van der Waals surface area contributed by atoms with Gasteiger partial charge in [-0.15, -0.1) is 0 Å². The van der Waals surface area contributed by atoms with E-state index >= 15 is 0 Å². The van der Waals surface area contributed by atoms with Gasteiger partial charge in [0.05, 0.1) is 22.0 Å². The monoisotopic (exact) mass is 271 g/mol. The van der Waals surface area contributed by atoms with Crippen molar-refractivity contribution in [3.8, 4) is 0 Å². The Bertz CT molecular complexity index is 318. The first-order valence-corrected chi connectivity index (χ1v) is 5.86. The lowest BCUT2D eigenvalue weighted by atomic mass is 10.0. The predicted molar refractivity (Wildman–Crippen MR) is 69.1 cm³/mol. The topological polar surface area (TPSA) is 42.1 Å². The Morgan fingerprint density at radius 2 is 1.93 bits per heavy atom. The van der Waals surface area contributed by atoms with Gasteiger partial charge in [-0.2, -0.15) is 0 Å². The SMILES string of the molecule is CC(C)C(C)N(C)c1c(N)cncc1Br. The summed E-state index contributed by atoms with van der Waals surface area (Å²) in [5, 5.41) is 0. The molecule has 3 nitrogen and oxygen atoms in total. The zero-order valence-electron chi connectivity index (χ0n) is 9.66. The van der Waals surface area contributed by atoms with Crippen LogP contribution in [0.25, 0.3) is 0 Å². The van der Waals surface area contributed by atoms with Crippen LogP contribution in [0, 0.1) is 5.92 Å². The minimum absolute atomic E-state index is 0.436. The molecule has 0 amide bonds. The van der Waals surface area contributed by atoms with Crippen LogP contribution in [0.1, 0.15) is 20.8 Å². The molecular weight excluding hydrogens is 254 g/mol. The Kier molecular flexibility index (Phi) is 3.97. The second-order valence-corrected chi connectivity index (χ2v) is 5.01. The van der Waals surface area contributed by atoms with E-state index in [9.17, 15) is 0 Å². The summed E-state index contributed by atoms with van der Waals surface area (Å²) in [6.07, 6.45) is 3.46. The van der Waals surface area contributed by atoms with E-state index in [4.69, 9.17) is 5.73 Å². The molecule has 1 aromatic heterocycles. The molecule has 0 bridgehead atoms. The molecule has 0 aliphatic rings. The van der Waals surface area contributed by atoms with Crippen molar-refractivity contribution in [2.24, 2.45) is 5.92 Å². The van der Waals surface area contributed by atoms with Gasteiger partial charge in [0, 0.05) is 19.3 Å². The normalized spacial score (nSPS) is 12.9. The summed E-state index contributed by atoms with van der Waals surface area (Å²) in [5.41, 5.74) is 7.65. The molecule has 1 atom stereocenters. The number of hydrogen-bond acceptors (Lipinski definition) is 3. The van der Waals surface area contributed by atoms with Crippen molar-refractivity contribution in [2.45, 2.75) is 26.8 Å². The zero-order chi connectivity index (χ0) is 11.6. The number of nitrogens with zero attached hydrogens (tertiary/aromatic N) is 2. The highest BCUT2D eigenvalue weighted by molar-refractivity contribution is 9.10. The molecule has 0 aliphatic carbocycles. The van der Waals surface area contributed by atoms with E-state index in [0.717, 1.165) is 10.2 Å². The fourth-order valence-electron chi connectivity index (χ4n) is 1.47. The van der Waals surface area contributed by atoms with Crippen LogP contribution in [0.5, 0.6) is 0 Å². The molecule has 4 heteroatoms. The van der Waals surface area contributed by atoms with Crippen LogP contribution in [0.4, 0.5) is 11.4 Å². The number of pyridine rings is 1. The van der Waals surface area contributed by atoms with Crippen molar-refractivity contribution in [2.75, 3.05) is 17.7 Å². The van der Waals surface area contributed by atoms with E-state index in [1.165, 1.54) is 0 Å². The minimum Gasteiger partial charge on any atom is -0.396 e. The second kappa shape index (κ2) is 4.84. The molecule has 1 unspecified atom stereocenters. The van der Waals surface area contributed by atoms with Crippen LogP contribution < -0.4 is 10.6 Å². The fourth-order valence-corrected chi connectivity index (χ4v) is 2.09. The largest absolute Gasteiger partial charge is 0.396 e. The van der Waals surface area contributed by atoms with E-state index in [1.54, 1.807) is 12.4 Å². The summed E-state index contributed by atoms with van der Waals surface area (Å²) in [7, 11) is 2.06. The molecule has 0 aliphatic heterocycles. The molecule has 0 radical (unpaired) electrons. The molecule has 0 spiro atoms. The number of halogens is 1. The molecule has 1 heterocycles. The molecule has 0 fully saturated rings. The van der Waals surface area contributed by atoms with Crippen molar-refractivity contribution in [3.63, 3.8) is 0 Å². The Morgan fingerprint density at radius 3 is 2.40 bits per heavy atom. The van der Waals surface area contributed by atoms with Crippen LogP contribution in [0.2, 0.25) is 0 Å². The average Bonchev–Trinajstić information content (AvgIpc) is 2.15. The molecular formula is C11H18BrN3. The van der Waals surface area contributed by atoms with Crippen molar-refractivity contribution >= 4 is 27.3 Å². The van der Waals surface area contributed by atoms with Crippen molar-refractivity contribution in [1.29, 1.82) is 0 Å². The van der Waals surface area contributed by atoms with Crippen molar-refractivity contribution in [3.05, 3.63) is 16.9 Å². The third-order valence-electron chi connectivity index (χ3n) is 2.83. The van der Waals surface area contributed by atoms with E-state index in [-0.39, 0.29) is 0 Å². The molecule has 0 saturated carbocycles. The van der Waals surface area contributed by atoms with Crippen molar-refractivity contribution < 1.29 is 0 Å². The number of nitrogen functional groups attached to an aromatic ring is 1. The summed E-state index contributed by atoms with van der Waals surface area (Å²) in [5.74, 6) is 0.578. The molecule has 0 saturated heterocycles. The van der Waals surface area contributed by atoms with Gasteiger partial charge in [-0.25, -0.2) is 0 Å². The number of anilines is 2. The predicted octanol–water partition coefficient (Wildman–Crippen LogP) is 2.91. The number of nitrogens with two attached hydrogens (primary N) is 1. The van der Waals surface area contributed by atoms with Gasteiger partial charge in [0.1, 0.15) is 0 Å². The molecule has 15 heavy (non-hydrogen) atoms. The van der Waals surface area contributed by atoms with Crippen LogP contribution in [0.3, 0.4) is 0 Å². The highest BCUT2D eigenvalue weighted by atomic mass is 79.9. The Morgan fingerprint density at radius 1 is 1.33 bits per heavy atom. The first kappa shape index (κ1) is 12.3. The smallest absolute Gasteiger partial charge is 0.0775 e. The lowest BCUT2D eigenvalue weighted by Gasteiger charge is -2.31. The van der Waals surface area contributed by atoms with Crippen LogP contribution in [-0.4, -0.2) is 18.1 Å². The zero-order valence-corrected chi connectivity index (χ0v) is 11.2. The van der Waals surface area contributed by atoms with Gasteiger partial charge in [0.25, 0.3) is 0 Å². The molecule has 84 valence electrons. The molecule has 1 rings (SSSR count). The van der Waals surface area contributed by atoms with Gasteiger partial charge in [-0.3, -0.25) is 4.98 Å². The molecule has 2 N–H and O–H groups in total. The second-order valence-electron chi connectivity index (χ2n) is 4.15. The Hall–Kier alpha value is -0.770. The quantitative estimate of drug-likeness (QED) is 0.919. The average molecular weight is 272 g/mol. The Labute approximate surface area is 99.8 Å². The van der Waals surface area contributed by atoms with E-state index in [1.807, 2.05) is 0 Å². The van der Waals surface area contributed by atoms with Crippen LogP contribution in [0.15, 0.2) is 16.9 Å². The number of aromatic nitrogens is 1. The van der Waals surface area contributed by atoms with E-state index in [0.29, 0.717) is 17.6 Å². The van der Waals surface area contributed by atoms with Crippen LogP contribution >= 0.6 is 15.9 Å². The van der Waals surface area contributed by atoms with Gasteiger partial charge in [0.15, 0.2) is 0 Å². The standard InChI is InChI=1S/C11H18BrN3/c1-7(2)8(3)15(4)11-9(12)5-14-6-10(11)13/h5-8H,13H2,1-4H3. The number of rotatable bonds is 3.